The number of nitrogens with two attached hydrogens (primary N) is 1. The normalized spacial score (nSPS) is 22.3. The van der Waals surface area contributed by atoms with Gasteiger partial charge in [-0.25, -0.2) is 0 Å². The Balaban J connectivity index is 2.13. The van der Waals surface area contributed by atoms with Crippen molar-refractivity contribution in [3.8, 4) is 0 Å². The third-order valence-electron chi connectivity index (χ3n) is 3.82. The lowest BCUT2D eigenvalue weighted by Gasteiger charge is -2.42. The number of thiophene rings is 1. The summed E-state index contributed by atoms with van der Waals surface area (Å²) in [5.41, 5.74) is 6.63. The fraction of sp³-hybridized carbons (Fsp3) is 0.571. The van der Waals surface area contributed by atoms with E-state index in [0.717, 1.165) is 6.42 Å². The molecule has 2 heterocycles. The van der Waals surface area contributed by atoms with Gasteiger partial charge in [-0.2, -0.15) is 0 Å². The number of piperidine rings is 1. The Morgan fingerprint density at radius 2 is 2.16 bits per heavy atom. The van der Waals surface area contributed by atoms with Crippen molar-refractivity contribution in [2.75, 3.05) is 13.1 Å². The summed E-state index contributed by atoms with van der Waals surface area (Å²) < 4.78 is 0. The second kappa shape index (κ2) is 5.06. The van der Waals surface area contributed by atoms with Crippen LogP contribution in [0.1, 0.15) is 47.2 Å². The maximum absolute atomic E-state index is 12.4. The van der Waals surface area contributed by atoms with Crippen molar-refractivity contribution in [1.29, 1.82) is 0 Å². The van der Waals surface area contributed by atoms with E-state index in [4.69, 9.17) is 5.73 Å². The third-order valence-corrected chi connectivity index (χ3v) is 4.73. The molecule has 0 spiro atoms. The largest absolute Gasteiger partial charge is 0.337 e. The fourth-order valence-corrected chi connectivity index (χ4v) is 3.25. The quantitative estimate of drug-likeness (QED) is 0.844. The highest BCUT2D eigenvalue weighted by atomic mass is 32.1. The molecule has 1 unspecified atom stereocenters. The molecule has 0 aromatic carbocycles. The molecule has 1 fully saturated rings. The van der Waals surface area contributed by atoms with Crippen LogP contribution in [-0.2, 0) is 0 Å². The summed E-state index contributed by atoms with van der Waals surface area (Å²) >= 11 is 1.34. The number of hydrogen-bond donors (Lipinski definition) is 1. The van der Waals surface area contributed by atoms with Gasteiger partial charge in [0.2, 0.25) is 0 Å². The lowest BCUT2D eigenvalue weighted by atomic mass is 9.79. The van der Waals surface area contributed by atoms with Crippen LogP contribution in [0.5, 0.6) is 0 Å². The molecule has 2 N–H and O–H groups in total. The van der Waals surface area contributed by atoms with Crippen LogP contribution < -0.4 is 5.73 Å². The van der Waals surface area contributed by atoms with E-state index in [1.807, 2.05) is 4.90 Å². The molecule has 1 saturated heterocycles. The van der Waals surface area contributed by atoms with Gasteiger partial charge in [0.15, 0.2) is 5.78 Å². The predicted molar refractivity (Wildman–Crippen MR) is 76.6 cm³/mol. The molecule has 1 aliphatic rings. The summed E-state index contributed by atoms with van der Waals surface area (Å²) in [6, 6.07) is 1.82. The molecule has 0 saturated carbocycles. The first-order valence-corrected chi connectivity index (χ1v) is 7.33. The second-order valence-electron chi connectivity index (χ2n) is 5.87. The summed E-state index contributed by atoms with van der Waals surface area (Å²) in [5.74, 6) is 0.00812. The predicted octanol–water partition coefficient (Wildman–Crippen LogP) is 2.15. The Labute approximate surface area is 117 Å². The van der Waals surface area contributed by atoms with Gasteiger partial charge >= 0.3 is 0 Å². The van der Waals surface area contributed by atoms with Gasteiger partial charge in [-0.05, 0) is 24.8 Å². The SMILES string of the molecule is CC(=O)c1csc(C(=O)N2CCC(N)C(C)(C)C2)c1. The molecule has 0 radical (unpaired) electrons. The summed E-state index contributed by atoms with van der Waals surface area (Å²) in [4.78, 5) is 26.2. The highest BCUT2D eigenvalue weighted by Crippen LogP contribution is 2.29. The minimum atomic E-state index is -0.0609. The van der Waals surface area contributed by atoms with E-state index < -0.39 is 0 Å². The van der Waals surface area contributed by atoms with Crippen molar-refractivity contribution in [2.24, 2.45) is 11.1 Å². The first-order chi connectivity index (χ1) is 8.81. The third kappa shape index (κ3) is 2.87. The lowest BCUT2D eigenvalue weighted by Crippen LogP contribution is -2.53. The Hall–Kier alpha value is -1.20. The summed E-state index contributed by atoms with van der Waals surface area (Å²) in [6.45, 7) is 7.05. The second-order valence-corrected chi connectivity index (χ2v) is 6.78. The molecule has 0 aliphatic carbocycles. The monoisotopic (exact) mass is 280 g/mol. The van der Waals surface area contributed by atoms with Crippen molar-refractivity contribution in [3.63, 3.8) is 0 Å². The molecule has 5 heteroatoms. The van der Waals surface area contributed by atoms with Crippen LogP contribution in [0, 0.1) is 5.41 Å². The number of rotatable bonds is 2. The van der Waals surface area contributed by atoms with E-state index in [1.54, 1.807) is 11.4 Å². The molecular formula is C14H20N2O2S. The zero-order valence-corrected chi connectivity index (χ0v) is 12.4. The number of carbonyl (C=O) groups excluding carboxylic acids is 2. The molecule has 1 aromatic heterocycles. The number of carbonyl (C=O) groups is 2. The van der Waals surface area contributed by atoms with Crippen molar-refractivity contribution in [3.05, 3.63) is 21.9 Å². The Bertz CT molecular complexity index is 507. The Kier molecular flexibility index (Phi) is 3.78. The Morgan fingerprint density at radius 1 is 1.47 bits per heavy atom. The van der Waals surface area contributed by atoms with E-state index in [2.05, 4.69) is 13.8 Å². The first-order valence-electron chi connectivity index (χ1n) is 6.45. The summed E-state index contributed by atoms with van der Waals surface area (Å²) in [5, 5.41) is 1.75. The van der Waals surface area contributed by atoms with Crippen LogP contribution in [0.15, 0.2) is 11.4 Å². The maximum Gasteiger partial charge on any atom is 0.263 e. The molecule has 4 nitrogen and oxygen atoms in total. The van der Waals surface area contributed by atoms with Gasteiger partial charge in [0.05, 0.1) is 4.88 Å². The number of hydrogen-bond acceptors (Lipinski definition) is 4. The molecule has 19 heavy (non-hydrogen) atoms. The molecule has 2 rings (SSSR count). The van der Waals surface area contributed by atoms with Gasteiger partial charge in [0, 0.05) is 30.1 Å². The van der Waals surface area contributed by atoms with Crippen LogP contribution in [0.4, 0.5) is 0 Å². The number of likely N-dealkylation sites (tertiary alicyclic amines) is 1. The highest BCUT2D eigenvalue weighted by Gasteiger charge is 2.35. The number of amides is 1. The zero-order chi connectivity index (χ0) is 14.2. The van der Waals surface area contributed by atoms with Crippen molar-refractivity contribution in [2.45, 2.75) is 33.2 Å². The molecule has 104 valence electrons. The highest BCUT2D eigenvalue weighted by molar-refractivity contribution is 7.12. The average molecular weight is 280 g/mol. The van der Waals surface area contributed by atoms with E-state index in [0.29, 0.717) is 23.5 Å². The molecule has 1 aliphatic heterocycles. The van der Waals surface area contributed by atoms with Gasteiger partial charge in [0.25, 0.3) is 5.91 Å². The van der Waals surface area contributed by atoms with Crippen molar-refractivity contribution >= 4 is 23.0 Å². The minimum Gasteiger partial charge on any atom is -0.337 e. The van der Waals surface area contributed by atoms with Crippen LogP contribution in [0.25, 0.3) is 0 Å². The van der Waals surface area contributed by atoms with Gasteiger partial charge in [-0.3, -0.25) is 9.59 Å². The standard InChI is InChI=1S/C14H20N2O2S/c1-9(17)10-6-11(19-7-10)13(18)16-5-4-12(15)14(2,3)8-16/h6-7,12H,4-5,8,15H2,1-3H3. The zero-order valence-electron chi connectivity index (χ0n) is 11.6. The first kappa shape index (κ1) is 14.2. The van der Waals surface area contributed by atoms with Crippen LogP contribution in [0.2, 0.25) is 0 Å². The van der Waals surface area contributed by atoms with Crippen LogP contribution in [-0.4, -0.2) is 35.7 Å². The molecule has 0 bridgehead atoms. The molecule has 1 atom stereocenters. The molecule has 1 aromatic rings. The van der Waals surface area contributed by atoms with Crippen molar-refractivity contribution < 1.29 is 9.59 Å². The topological polar surface area (TPSA) is 63.4 Å². The van der Waals surface area contributed by atoms with E-state index >= 15 is 0 Å². The summed E-state index contributed by atoms with van der Waals surface area (Å²) in [6.07, 6.45) is 0.823. The lowest BCUT2D eigenvalue weighted by molar-refractivity contribution is 0.0537. The van der Waals surface area contributed by atoms with Crippen LogP contribution in [0.3, 0.4) is 0 Å². The minimum absolute atomic E-state index is 0.00343. The Morgan fingerprint density at radius 3 is 2.68 bits per heavy atom. The van der Waals surface area contributed by atoms with E-state index in [-0.39, 0.29) is 23.1 Å². The number of ketones is 1. The smallest absolute Gasteiger partial charge is 0.263 e. The van der Waals surface area contributed by atoms with Gasteiger partial charge in [0.1, 0.15) is 0 Å². The van der Waals surface area contributed by atoms with Gasteiger partial charge in [-0.15, -0.1) is 11.3 Å². The van der Waals surface area contributed by atoms with Crippen molar-refractivity contribution in [1.82, 2.24) is 4.90 Å². The van der Waals surface area contributed by atoms with Gasteiger partial charge in [-0.1, -0.05) is 13.8 Å². The number of nitrogens with zero attached hydrogens (tertiary/aromatic N) is 1. The van der Waals surface area contributed by atoms with E-state index in [9.17, 15) is 9.59 Å². The van der Waals surface area contributed by atoms with Crippen LogP contribution >= 0.6 is 11.3 Å². The maximum atomic E-state index is 12.4. The van der Waals surface area contributed by atoms with Gasteiger partial charge < -0.3 is 10.6 Å². The van der Waals surface area contributed by atoms with E-state index in [1.165, 1.54) is 18.3 Å². The number of Topliss-reactive ketones (excluding diaryl/α,β-unsaturated/α-hetero) is 1. The fourth-order valence-electron chi connectivity index (χ4n) is 2.34. The average Bonchev–Trinajstić information content (AvgIpc) is 2.81. The molecular weight excluding hydrogens is 260 g/mol. The summed E-state index contributed by atoms with van der Waals surface area (Å²) in [7, 11) is 0. The molecule has 1 amide bonds.